The summed E-state index contributed by atoms with van der Waals surface area (Å²) in [5.74, 6) is 1.60. The number of unbranched alkanes of at least 4 members (excludes halogenated alkanes) is 3. The molecule has 0 fully saturated rings. The maximum Gasteiger partial charge on any atom is 0.415 e. The molecule has 0 spiro atoms. The Hall–Kier alpha value is -2.05. The lowest BCUT2D eigenvalue weighted by molar-refractivity contribution is 0.162. The van der Waals surface area contributed by atoms with E-state index in [1.807, 2.05) is 12.1 Å². The van der Waals surface area contributed by atoms with Gasteiger partial charge in [-0.2, -0.15) is 0 Å². The number of nitrogens with one attached hydrogen (secondary N) is 1. The number of allylic oxidation sites excluding steroid dienone is 2. The van der Waals surface area contributed by atoms with Crippen LogP contribution < -0.4 is 20.5 Å². The summed E-state index contributed by atoms with van der Waals surface area (Å²) >= 11 is 0. The van der Waals surface area contributed by atoms with Crippen molar-refractivity contribution in [2.45, 2.75) is 46.1 Å². The van der Waals surface area contributed by atoms with E-state index in [9.17, 15) is 4.79 Å². The number of hydrogen-bond acceptors (Lipinski definition) is 5. The average Bonchev–Trinajstić information content (AvgIpc) is 2.67. The van der Waals surface area contributed by atoms with E-state index < -0.39 is 6.09 Å². The first-order valence-electron chi connectivity index (χ1n) is 10.1. The summed E-state index contributed by atoms with van der Waals surface area (Å²) in [6.45, 7) is 6.97. The van der Waals surface area contributed by atoms with Crippen molar-refractivity contribution in [3.8, 4) is 11.5 Å². The molecule has 6 nitrogen and oxygen atoms in total. The largest absolute Gasteiger partial charge is 0.493 e. The van der Waals surface area contributed by atoms with Crippen LogP contribution in [0.4, 0.5) is 4.79 Å². The highest BCUT2D eigenvalue weighted by Gasteiger charge is 2.14. The fourth-order valence-electron chi connectivity index (χ4n) is 2.65. The van der Waals surface area contributed by atoms with Crippen molar-refractivity contribution < 1.29 is 14.3 Å². The van der Waals surface area contributed by atoms with Gasteiger partial charge in [0.25, 0.3) is 0 Å². The van der Waals surface area contributed by atoms with Gasteiger partial charge in [0.2, 0.25) is 0 Å². The minimum atomic E-state index is -0.446. The summed E-state index contributed by atoms with van der Waals surface area (Å²) in [5, 5.41) is 3.45. The Labute approximate surface area is 170 Å². The lowest BCUT2D eigenvalue weighted by Crippen LogP contribution is -2.33. The molecular weight excluding hydrogens is 354 g/mol. The third kappa shape index (κ3) is 9.76. The Balaban J connectivity index is 2.36. The van der Waals surface area contributed by atoms with E-state index in [1.165, 1.54) is 17.7 Å². The molecule has 0 unspecified atom stereocenters. The molecule has 0 saturated heterocycles. The van der Waals surface area contributed by atoms with Crippen molar-refractivity contribution in [3.63, 3.8) is 0 Å². The first-order valence-corrected chi connectivity index (χ1v) is 10.1. The average molecular weight is 392 g/mol. The van der Waals surface area contributed by atoms with Crippen molar-refractivity contribution in [1.29, 1.82) is 0 Å². The summed E-state index contributed by atoms with van der Waals surface area (Å²) in [5.41, 5.74) is 6.55. The SMILES string of the molecule is COc1cc(CNCCCCC/C=C/C(C)C)ccc1OC(=O)N(C)CCN. The van der Waals surface area contributed by atoms with Gasteiger partial charge in [-0.25, -0.2) is 4.79 Å². The van der Waals surface area contributed by atoms with Crippen molar-refractivity contribution in [1.82, 2.24) is 10.2 Å². The third-order valence-electron chi connectivity index (χ3n) is 4.28. The van der Waals surface area contributed by atoms with E-state index >= 15 is 0 Å². The summed E-state index contributed by atoms with van der Waals surface area (Å²) in [7, 11) is 3.22. The molecule has 1 aromatic rings. The normalized spacial score (nSPS) is 11.2. The molecule has 0 aliphatic heterocycles. The summed E-state index contributed by atoms with van der Waals surface area (Å²) < 4.78 is 10.8. The first kappa shape index (κ1) is 24.0. The lowest BCUT2D eigenvalue weighted by atomic mass is 10.1. The van der Waals surface area contributed by atoms with Crippen LogP contribution in [0.25, 0.3) is 0 Å². The molecule has 1 rings (SSSR count). The molecule has 3 N–H and O–H groups in total. The number of nitrogens with zero attached hydrogens (tertiary/aromatic N) is 1. The topological polar surface area (TPSA) is 76.8 Å². The predicted molar refractivity (Wildman–Crippen MR) is 115 cm³/mol. The minimum absolute atomic E-state index is 0.391. The fraction of sp³-hybridized carbons (Fsp3) is 0.591. The van der Waals surface area contributed by atoms with Crippen molar-refractivity contribution in [3.05, 3.63) is 35.9 Å². The van der Waals surface area contributed by atoms with E-state index in [2.05, 4.69) is 31.3 Å². The number of rotatable bonds is 13. The smallest absolute Gasteiger partial charge is 0.415 e. The molecule has 0 aliphatic carbocycles. The zero-order valence-corrected chi connectivity index (χ0v) is 17.9. The van der Waals surface area contributed by atoms with Gasteiger partial charge in [0.15, 0.2) is 11.5 Å². The lowest BCUT2D eigenvalue weighted by Gasteiger charge is -2.17. The zero-order chi connectivity index (χ0) is 20.8. The van der Waals surface area contributed by atoms with E-state index in [0.29, 0.717) is 30.5 Å². The number of nitrogens with two attached hydrogens (primary N) is 1. The molecule has 28 heavy (non-hydrogen) atoms. The molecule has 6 heteroatoms. The molecule has 0 bridgehead atoms. The number of amides is 1. The number of benzene rings is 1. The monoisotopic (exact) mass is 391 g/mol. The fourth-order valence-corrected chi connectivity index (χ4v) is 2.65. The summed E-state index contributed by atoms with van der Waals surface area (Å²) in [6.07, 6.45) is 8.89. The number of methoxy groups -OCH3 is 1. The van der Waals surface area contributed by atoms with Crippen molar-refractivity contribution in [2.75, 3.05) is 33.8 Å². The van der Waals surface area contributed by atoms with Crippen LogP contribution >= 0.6 is 0 Å². The Morgan fingerprint density at radius 3 is 2.71 bits per heavy atom. The quantitative estimate of drug-likeness (QED) is 0.393. The Bertz CT molecular complexity index is 603. The first-order chi connectivity index (χ1) is 13.5. The van der Waals surface area contributed by atoms with Crippen LogP contribution in [0.1, 0.15) is 45.1 Å². The van der Waals surface area contributed by atoms with Crippen LogP contribution in [0, 0.1) is 5.92 Å². The van der Waals surface area contributed by atoms with Crippen LogP contribution in [0.5, 0.6) is 11.5 Å². The zero-order valence-electron chi connectivity index (χ0n) is 17.9. The van der Waals surface area contributed by atoms with E-state index in [-0.39, 0.29) is 0 Å². The molecule has 0 aromatic heterocycles. The highest BCUT2D eigenvalue weighted by atomic mass is 16.6. The number of likely N-dealkylation sites (N-methyl/N-ethyl adjacent to an activating group) is 1. The molecule has 1 aromatic carbocycles. The summed E-state index contributed by atoms with van der Waals surface area (Å²) in [4.78, 5) is 13.4. The van der Waals surface area contributed by atoms with Gasteiger partial charge in [-0.3, -0.25) is 0 Å². The van der Waals surface area contributed by atoms with Gasteiger partial charge >= 0.3 is 6.09 Å². The van der Waals surface area contributed by atoms with E-state index in [4.69, 9.17) is 15.2 Å². The molecule has 0 atom stereocenters. The van der Waals surface area contributed by atoms with Gasteiger partial charge in [-0.05, 0) is 49.4 Å². The second kappa shape index (κ2) is 14.0. The van der Waals surface area contributed by atoms with Crippen molar-refractivity contribution >= 4 is 6.09 Å². The second-order valence-corrected chi connectivity index (χ2v) is 7.26. The van der Waals surface area contributed by atoms with Crippen LogP contribution in [0.3, 0.4) is 0 Å². The Morgan fingerprint density at radius 1 is 1.25 bits per heavy atom. The minimum Gasteiger partial charge on any atom is -0.493 e. The molecule has 1 amide bonds. The van der Waals surface area contributed by atoms with E-state index in [0.717, 1.165) is 31.5 Å². The molecule has 158 valence electrons. The van der Waals surface area contributed by atoms with Crippen LogP contribution in [0.2, 0.25) is 0 Å². The van der Waals surface area contributed by atoms with Gasteiger partial charge in [0.1, 0.15) is 0 Å². The van der Waals surface area contributed by atoms with Crippen LogP contribution in [-0.4, -0.2) is 44.8 Å². The number of carbonyl (C=O) groups is 1. The Kier molecular flexibility index (Phi) is 12.0. The van der Waals surface area contributed by atoms with Gasteiger partial charge in [0, 0.05) is 26.7 Å². The van der Waals surface area contributed by atoms with Gasteiger partial charge in [0.05, 0.1) is 7.11 Å². The number of hydrogen-bond donors (Lipinski definition) is 2. The molecule has 0 aliphatic rings. The van der Waals surface area contributed by atoms with Crippen LogP contribution in [-0.2, 0) is 6.54 Å². The van der Waals surface area contributed by atoms with Crippen molar-refractivity contribution in [2.24, 2.45) is 11.7 Å². The number of ether oxygens (including phenoxy) is 2. The number of carbonyl (C=O) groups excluding carboxylic acids is 1. The third-order valence-corrected chi connectivity index (χ3v) is 4.28. The predicted octanol–water partition coefficient (Wildman–Crippen LogP) is 3.95. The maximum absolute atomic E-state index is 12.0. The second-order valence-electron chi connectivity index (χ2n) is 7.26. The highest BCUT2D eigenvalue weighted by Crippen LogP contribution is 2.28. The molecule has 0 radical (unpaired) electrons. The van der Waals surface area contributed by atoms with Gasteiger partial charge in [-0.1, -0.05) is 38.5 Å². The van der Waals surface area contributed by atoms with Crippen LogP contribution in [0.15, 0.2) is 30.4 Å². The molecule has 0 saturated carbocycles. The van der Waals surface area contributed by atoms with Gasteiger partial charge in [-0.15, -0.1) is 0 Å². The highest BCUT2D eigenvalue weighted by molar-refractivity contribution is 5.71. The molecular formula is C22H37N3O3. The molecule has 0 heterocycles. The Morgan fingerprint density at radius 2 is 2.04 bits per heavy atom. The standard InChI is InChI=1S/C22H37N3O3/c1-18(2)10-8-6-5-7-9-14-24-17-19-11-12-20(21(16-19)27-4)28-22(26)25(3)15-13-23/h8,10-12,16,18,24H,5-7,9,13-15,17,23H2,1-4H3/b10-8+. The van der Waals surface area contributed by atoms with Gasteiger partial charge < -0.3 is 25.4 Å². The summed E-state index contributed by atoms with van der Waals surface area (Å²) in [6, 6.07) is 5.61. The van der Waals surface area contributed by atoms with E-state index in [1.54, 1.807) is 20.2 Å². The maximum atomic E-state index is 12.0.